The number of carbonyl (C=O) groups excluding carboxylic acids is 1. The van der Waals surface area contributed by atoms with Gasteiger partial charge in [0.15, 0.2) is 0 Å². The van der Waals surface area contributed by atoms with Crippen LogP contribution >= 0.6 is 0 Å². The van der Waals surface area contributed by atoms with Crippen molar-refractivity contribution in [1.29, 1.82) is 5.26 Å². The van der Waals surface area contributed by atoms with Gasteiger partial charge in [0, 0.05) is 25.1 Å². The van der Waals surface area contributed by atoms with Gasteiger partial charge >= 0.3 is 5.97 Å². The maximum Gasteiger partial charge on any atom is 0.342 e. The number of allylic oxidation sites excluding steroid dienone is 2. The summed E-state index contributed by atoms with van der Waals surface area (Å²) in [6.07, 6.45) is 3.40. The van der Waals surface area contributed by atoms with Gasteiger partial charge in [-0.1, -0.05) is 31.3 Å². The van der Waals surface area contributed by atoms with Gasteiger partial charge in [-0.05, 0) is 45.2 Å². The number of esters is 1. The second kappa shape index (κ2) is 9.49. The summed E-state index contributed by atoms with van der Waals surface area (Å²) in [5.41, 5.74) is 4.34. The normalized spacial score (nSPS) is 14.8. The van der Waals surface area contributed by atoms with Gasteiger partial charge in [0.1, 0.15) is 23.7 Å². The number of fused-ring (bicyclic) bond motifs is 1. The Labute approximate surface area is 175 Å². The van der Waals surface area contributed by atoms with Gasteiger partial charge in [-0.25, -0.2) is 4.79 Å². The first-order valence-electron chi connectivity index (χ1n) is 10.2. The minimum Gasteiger partial charge on any atom is -0.496 e. The van der Waals surface area contributed by atoms with E-state index in [4.69, 9.17) is 19.5 Å². The van der Waals surface area contributed by atoms with E-state index in [9.17, 15) is 4.79 Å². The molecule has 1 aliphatic heterocycles. The SMILES string of the molecule is COc1c(C)c2c(c(OCC[Si](C)(C)C)c1C/C=C(\C)CC(C)C#N)C(=O)OC2. The Morgan fingerprint density at radius 2 is 2.03 bits per heavy atom. The summed E-state index contributed by atoms with van der Waals surface area (Å²) in [5.74, 6) is 0.995. The number of methoxy groups -OCH3 is 1. The van der Waals surface area contributed by atoms with Gasteiger partial charge < -0.3 is 14.2 Å². The van der Waals surface area contributed by atoms with Crippen LogP contribution in [-0.2, 0) is 17.8 Å². The van der Waals surface area contributed by atoms with Crippen LogP contribution in [0.5, 0.6) is 11.5 Å². The van der Waals surface area contributed by atoms with Crippen molar-refractivity contribution < 1.29 is 19.0 Å². The molecule has 0 amide bonds. The number of ether oxygens (including phenoxy) is 3. The fraction of sp³-hybridized carbons (Fsp3) is 0.565. The summed E-state index contributed by atoms with van der Waals surface area (Å²) < 4.78 is 17.3. The van der Waals surface area contributed by atoms with E-state index in [0.29, 0.717) is 24.3 Å². The van der Waals surface area contributed by atoms with Crippen molar-refractivity contribution in [1.82, 2.24) is 0 Å². The van der Waals surface area contributed by atoms with E-state index in [2.05, 4.69) is 31.8 Å². The predicted molar refractivity (Wildman–Crippen MR) is 117 cm³/mol. The molecular formula is C23H33NO4Si. The molecule has 0 radical (unpaired) electrons. The molecule has 0 bridgehead atoms. The Balaban J connectivity index is 2.47. The van der Waals surface area contributed by atoms with Crippen LogP contribution in [-0.4, -0.2) is 27.8 Å². The molecule has 158 valence electrons. The van der Waals surface area contributed by atoms with Crippen LogP contribution in [0.3, 0.4) is 0 Å². The van der Waals surface area contributed by atoms with Gasteiger partial charge in [0.2, 0.25) is 0 Å². The zero-order valence-corrected chi connectivity index (χ0v) is 19.8. The van der Waals surface area contributed by atoms with Crippen LogP contribution in [0.1, 0.15) is 47.3 Å². The molecule has 0 N–H and O–H groups in total. The molecule has 0 fully saturated rings. The Kier molecular flexibility index (Phi) is 7.53. The second-order valence-corrected chi connectivity index (χ2v) is 14.7. The molecule has 1 unspecified atom stereocenters. The number of rotatable bonds is 9. The van der Waals surface area contributed by atoms with E-state index in [1.165, 1.54) is 0 Å². The van der Waals surface area contributed by atoms with Crippen LogP contribution in [0.2, 0.25) is 25.7 Å². The first-order chi connectivity index (χ1) is 13.6. The lowest BCUT2D eigenvalue weighted by Crippen LogP contribution is -2.23. The smallest absolute Gasteiger partial charge is 0.342 e. The van der Waals surface area contributed by atoms with Gasteiger partial charge in [-0.3, -0.25) is 0 Å². The minimum atomic E-state index is -1.28. The molecule has 0 aliphatic carbocycles. The van der Waals surface area contributed by atoms with Crippen molar-refractivity contribution in [2.45, 2.75) is 65.9 Å². The largest absolute Gasteiger partial charge is 0.496 e. The summed E-state index contributed by atoms with van der Waals surface area (Å²) >= 11 is 0. The lowest BCUT2D eigenvalue weighted by atomic mass is 9.94. The first kappa shape index (κ1) is 23.0. The van der Waals surface area contributed by atoms with E-state index in [0.717, 1.165) is 40.5 Å². The third-order valence-electron chi connectivity index (χ3n) is 5.23. The molecule has 5 nitrogen and oxygen atoms in total. The lowest BCUT2D eigenvalue weighted by Gasteiger charge is -2.21. The van der Waals surface area contributed by atoms with Crippen LogP contribution in [0.25, 0.3) is 0 Å². The minimum absolute atomic E-state index is 0.0302. The van der Waals surface area contributed by atoms with E-state index in [1.807, 2.05) is 20.8 Å². The van der Waals surface area contributed by atoms with Crippen LogP contribution in [0.15, 0.2) is 11.6 Å². The maximum absolute atomic E-state index is 12.5. The summed E-state index contributed by atoms with van der Waals surface area (Å²) in [6.45, 7) is 13.6. The van der Waals surface area contributed by atoms with Crippen LogP contribution < -0.4 is 9.47 Å². The molecule has 0 saturated carbocycles. The fourth-order valence-corrected chi connectivity index (χ4v) is 4.23. The Hall–Kier alpha value is -2.26. The van der Waals surface area contributed by atoms with Crippen molar-refractivity contribution in [2.75, 3.05) is 13.7 Å². The van der Waals surface area contributed by atoms with Gasteiger partial charge in [0.25, 0.3) is 0 Å². The molecule has 1 heterocycles. The molecule has 0 saturated heterocycles. The highest BCUT2D eigenvalue weighted by molar-refractivity contribution is 6.76. The molecule has 1 aromatic rings. The quantitative estimate of drug-likeness (QED) is 0.306. The molecule has 6 heteroatoms. The van der Waals surface area contributed by atoms with E-state index in [1.54, 1.807) is 7.11 Å². The molecular weight excluding hydrogens is 382 g/mol. The van der Waals surface area contributed by atoms with Gasteiger partial charge in [0.05, 0.1) is 19.8 Å². The molecule has 1 atom stereocenters. The second-order valence-electron chi connectivity index (χ2n) is 9.04. The number of nitriles is 1. The zero-order chi connectivity index (χ0) is 21.8. The molecule has 1 aliphatic rings. The third kappa shape index (κ3) is 5.63. The van der Waals surface area contributed by atoms with Gasteiger partial charge in [-0.2, -0.15) is 5.26 Å². The molecule has 0 aromatic heterocycles. The number of carbonyl (C=O) groups is 1. The van der Waals surface area contributed by atoms with Crippen molar-refractivity contribution >= 4 is 14.0 Å². The molecule has 0 spiro atoms. The van der Waals surface area contributed by atoms with E-state index < -0.39 is 8.07 Å². The summed E-state index contributed by atoms with van der Waals surface area (Å²) in [6, 6.07) is 3.27. The summed E-state index contributed by atoms with van der Waals surface area (Å²) in [4.78, 5) is 12.5. The number of benzene rings is 1. The highest BCUT2D eigenvalue weighted by atomic mass is 28.3. The van der Waals surface area contributed by atoms with Crippen LogP contribution in [0.4, 0.5) is 0 Å². The average Bonchev–Trinajstić information content (AvgIpc) is 3.03. The van der Waals surface area contributed by atoms with E-state index >= 15 is 0 Å². The maximum atomic E-state index is 12.5. The molecule has 2 rings (SSSR count). The Bertz CT molecular complexity index is 846. The standard InChI is InChI=1S/C23H33NO4Si/c1-15(12-16(2)13-24)8-9-18-21(26-4)17(3)19-14-28-23(25)20(19)22(18)27-10-11-29(5,6)7/h8,16H,9-12,14H2,1-7H3/b15-8+. The highest BCUT2D eigenvalue weighted by Crippen LogP contribution is 2.43. The zero-order valence-electron chi connectivity index (χ0n) is 18.8. The van der Waals surface area contributed by atoms with Gasteiger partial charge in [-0.15, -0.1) is 0 Å². The van der Waals surface area contributed by atoms with Crippen LogP contribution in [0, 0.1) is 24.2 Å². The fourth-order valence-electron chi connectivity index (χ4n) is 3.52. The number of hydrogen-bond donors (Lipinski definition) is 0. The summed E-state index contributed by atoms with van der Waals surface area (Å²) in [5, 5.41) is 9.06. The predicted octanol–water partition coefficient (Wildman–Crippen LogP) is 5.43. The van der Waals surface area contributed by atoms with Crippen molar-refractivity contribution in [3.8, 4) is 17.6 Å². The number of hydrogen-bond acceptors (Lipinski definition) is 5. The first-order valence-corrected chi connectivity index (χ1v) is 13.9. The Morgan fingerprint density at radius 1 is 1.34 bits per heavy atom. The van der Waals surface area contributed by atoms with Crippen molar-refractivity contribution in [3.63, 3.8) is 0 Å². The monoisotopic (exact) mass is 415 g/mol. The van der Waals surface area contributed by atoms with E-state index in [-0.39, 0.29) is 18.5 Å². The highest BCUT2D eigenvalue weighted by Gasteiger charge is 2.33. The van der Waals surface area contributed by atoms with Crippen molar-refractivity contribution in [3.05, 3.63) is 33.9 Å². The number of nitrogens with zero attached hydrogens (tertiary/aromatic N) is 1. The lowest BCUT2D eigenvalue weighted by molar-refractivity contribution is 0.0532. The molecule has 29 heavy (non-hydrogen) atoms. The number of cyclic esters (lactones) is 1. The summed E-state index contributed by atoms with van der Waals surface area (Å²) in [7, 11) is 0.371. The third-order valence-corrected chi connectivity index (χ3v) is 6.93. The van der Waals surface area contributed by atoms with Crippen molar-refractivity contribution in [2.24, 2.45) is 5.92 Å². The Morgan fingerprint density at radius 3 is 2.62 bits per heavy atom. The molecule has 1 aromatic carbocycles. The average molecular weight is 416 g/mol. The topological polar surface area (TPSA) is 68.5 Å².